The number of hydrogen-bond acceptors (Lipinski definition) is 6. The number of carboxylic acids is 1. The lowest BCUT2D eigenvalue weighted by Gasteiger charge is -2.48. The number of benzene rings is 2. The molecule has 3 N–H and O–H groups in total. The fourth-order valence-corrected chi connectivity index (χ4v) is 5.89. The second kappa shape index (κ2) is 13.7. The van der Waals surface area contributed by atoms with E-state index < -0.39 is 51.0 Å². The lowest BCUT2D eigenvalue weighted by atomic mass is 9.90. The molecule has 3 rings (SSSR count). The minimum Gasteiger partial charge on any atom is -0.475 e. The van der Waals surface area contributed by atoms with Gasteiger partial charge >= 0.3 is 12.1 Å². The van der Waals surface area contributed by atoms with Gasteiger partial charge in [0, 0.05) is 22.6 Å². The van der Waals surface area contributed by atoms with Gasteiger partial charge in [-0.2, -0.15) is 13.2 Å². The molecule has 2 aromatic rings. The second-order valence-corrected chi connectivity index (χ2v) is 14.0. The first-order valence-electron chi connectivity index (χ1n) is 12.5. The molecular formula is C27H33Cl2F3N2O6S. The van der Waals surface area contributed by atoms with Crippen LogP contribution in [0.1, 0.15) is 57.4 Å². The minimum atomic E-state index is -5.08. The third-order valence-corrected chi connectivity index (χ3v) is 9.66. The van der Waals surface area contributed by atoms with Gasteiger partial charge in [0.1, 0.15) is 12.2 Å². The highest BCUT2D eigenvalue weighted by Crippen LogP contribution is 2.44. The van der Waals surface area contributed by atoms with E-state index in [2.05, 4.69) is 0 Å². The lowest BCUT2D eigenvalue weighted by molar-refractivity contribution is -0.192. The highest BCUT2D eigenvalue weighted by Gasteiger charge is 2.47. The van der Waals surface area contributed by atoms with E-state index in [0.29, 0.717) is 16.5 Å². The van der Waals surface area contributed by atoms with Crippen molar-refractivity contribution in [3.8, 4) is 0 Å². The zero-order valence-corrected chi connectivity index (χ0v) is 25.2. The van der Waals surface area contributed by atoms with Crippen molar-refractivity contribution in [2.24, 2.45) is 5.73 Å². The van der Waals surface area contributed by atoms with Crippen LogP contribution >= 0.6 is 23.2 Å². The number of aliphatic carboxylic acids is 1. The van der Waals surface area contributed by atoms with Crippen LogP contribution in [-0.2, 0) is 24.2 Å². The zero-order valence-electron chi connectivity index (χ0n) is 22.9. The summed E-state index contributed by atoms with van der Waals surface area (Å²) in [6, 6.07) is 13.3. The Morgan fingerprint density at radius 1 is 1.07 bits per heavy atom. The van der Waals surface area contributed by atoms with E-state index >= 15 is 0 Å². The molecule has 0 spiro atoms. The molecule has 1 amide bonds. The number of amides is 1. The van der Waals surface area contributed by atoms with Crippen molar-refractivity contribution >= 4 is 44.9 Å². The molecule has 1 heterocycles. The highest BCUT2D eigenvalue weighted by molar-refractivity contribution is 7.92. The maximum absolute atomic E-state index is 13.7. The second-order valence-electron chi connectivity index (χ2n) is 10.3. The molecule has 1 aliphatic heterocycles. The zero-order chi connectivity index (χ0) is 31.3. The molecule has 4 atom stereocenters. The maximum atomic E-state index is 13.7. The number of alkyl halides is 3. The summed E-state index contributed by atoms with van der Waals surface area (Å²) in [5.41, 5.74) is 7.49. The maximum Gasteiger partial charge on any atom is 0.490 e. The SMILES string of the molecule is CC[C@@H](CS(=O)(=O)C(C)(C)C)N1C(=O)[C@@H](CN)O[C@H](c2cccc(Cl)c2)[C@H]1c1ccc(Cl)cc1.O=C(O)C(F)(F)F. The normalized spacial score (nSPS) is 20.7. The van der Waals surface area contributed by atoms with Crippen LogP contribution < -0.4 is 5.73 Å². The summed E-state index contributed by atoms with van der Waals surface area (Å²) in [5.74, 6) is -3.24. The molecule has 1 fully saturated rings. The number of carbonyl (C=O) groups excluding carboxylic acids is 1. The van der Waals surface area contributed by atoms with Gasteiger partial charge in [-0.05, 0) is 62.6 Å². The summed E-state index contributed by atoms with van der Waals surface area (Å²) in [7, 11) is -3.52. The van der Waals surface area contributed by atoms with Crippen LogP contribution in [0.3, 0.4) is 0 Å². The number of carboxylic acid groups (broad SMARTS) is 1. The van der Waals surface area contributed by atoms with Gasteiger partial charge in [-0.1, -0.05) is 54.4 Å². The number of halogens is 5. The topological polar surface area (TPSA) is 127 Å². The van der Waals surface area contributed by atoms with Crippen LogP contribution in [0.25, 0.3) is 0 Å². The Kier molecular flexibility index (Phi) is 11.7. The Balaban J connectivity index is 0.000000745. The quantitative estimate of drug-likeness (QED) is 0.404. The van der Waals surface area contributed by atoms with Crippen molar-refractivity contribution in [3.63, 3.8) is 0 Å². The van der Waals surface area contributed by atoms with Gasteiger partial charge in [0.25, 0.3) is 5.91 Å². The fourth-order valence-electron chi connectivity index (χ4n) is 4.16. The molecule has 41 heavy (non-hydrogen) atoms. The van der Waals surface area contributed by atoms with Crippen LogP contribution in [0.2, 0.25) is 10.0 Å². The molecule has 0 unspecified atom stereocenters. The summed E-state index contributed by atoms with van der Waals surface area (Å²) >= 11 is 12.4. The minimum absolute atomic E-state index is 0.0256. The number of morpholine rings is 1. The first kappa shape index (κ1) is 34.8. The van der Waals surface area contributed by atoms with Crippen molar-refractivity contribution in [3.05, 3.63) is 69.7 Å². The summed E-state index contributed by atoms with van der Waals surface area (Å²) < 4.78 is 63.4. The third kappa shape index (κ3) is 8.81. The number of nitrogens with two attached hydrogens (primary N) is 1. The number of carbonyl (C=O) groups is 2. The molecule has 0 radical (unpaired) electrons. The Hall–Kier alpha value is -2.38. The Morgan fingerprint density at radius 2 is 1.63 bits per heavy atom. The lowest BCUT2D eigenvalue weighted by Crippen LogP contribution is -2.58. The molecule has 1 saturated heterocycles. The van der Waals surface area contributed by atoms with E-state index in [1.807, 2.05) is 31.2 Å². The Morgan fingerprint density at radius 3 is 2.07 bits per heavy atom. The van der Waals surface area contributed by atoms with E-state index in [1.54, 1.807) is 49.9 Å². The first-order valence-corrected chi connectivity index (χ1v) is 15.0. The molecule has 8 nitrogen and oxygen atoms in total. The standard InChI is InChI=1S/C25H32Cl2N2O4S.C2HF3O2/c1-5-20(15-34(31,32)25(2,3)4)29-22(16-9-11-18(26)12-10-16)23(33-21(14-28)24(29)30)17-7-6-8-19(27)13-17;3-2(4,5)1(6)7/h6-13,20-23H,5,14-15,28H2,1-4H3;(H,6,7)/t20-,21+,22+,23+;/m0./s1. The van der Waals surface area contributed by atoms with E-state index in [9.17, 15) is 26.4 Å². The van der Waals surface area contributed by atoms with Crippen LogP contribution in [0.5, 0.6) is 0 Å². The average Bonchev–Trinajstić information content (AvgIpc) is 2.87. The number of rotatable bonds is 7. The van der Waals surface area contributed by atoms with Gasteiger partial charge < -0.3 is 20.5 Å². The van der Waals surface area contributed by atoms with Gasteiger partial charge in [0.2, 0.25) is 0 Å². The van der Waals surface area contributed by atoms with E-state index in [1.165, 1.54) is 0 Å². The van der Waals surface area contributed by atoms with Gasteiger partial charge in [0.15, 0.2) is 9.84 Å². The van der Waals surface area contributed by atoms with Crippen molar-refractivity contribution < 1.29 is 41.0 Å². The highest BCUT2D eigenvalue weighted by atomic mass is 35.5. The predicted molar refractivity (Wildman–Crippen MR) is 150 cm³/mol. The summed E-state index contributed by atoms with van der Waals surface area (Å²) in [5, 5.41) is 8.21. The molecule has 228 valence electrons. The molecule has 14 heteroatoms. The smallest absolute Gasteiger partial charge is 0.475 e. The van der Waals surface area contributed by atoms with E-state index in [4.69, 9.17) is 43.6 Å². The van der Waals surface area contributed by atoms with Gasteiger partial charge in [0.05, 0.1) is 16.5 Å². The van der Waals surface area contributed by atoms with Crippen LogP contribution in [-0.4, -0.2) is 65.7 Å². The Labute approximate surface area is 247 Å². The first-order chi connectivity index (χ1) is 18.8. The number of hydrogen-bond donors (Lipinski definition) is 2. The largest absolute Gasteiger partial charge is 0.490 e. The monoisotopic (exact) mass is 640 g/mol. The summed E-state index contributed by atoms with van der Waals surface area (Å²) in [6.07, 6.45) is -6.14. The average molecular weight is 642 g/mol. The molecule has 0 saturated carbocycles. The van der Waals surface area contributed by atoms with E-state index in [0.717, 1.165) is 11.1 Å². The van der Waals surface area contributed by atoms with Gasteiger partial charge in [-0.3, -0.25) is 4.79 Å². The molecule has 0 aromatic heterocycles. The third-order valence-electron chi connectivity index (χ3n) is 6.48. The number of nitrogens with zero attached hydrogens (tertiary/aromatic N) is 1. The summed E-state index contributed by atoms with van der Waals surface area (Å²) in [6.45, 7) is 6.87. The predicted octanol–water partition coefficient (Wildman–Crippen LogP) is 5.59. The molecule has 2 aromatic carbocycles. The van der Waals surface area contributed by atoms with E-state index in [-0.39, 0.29) is 18.2 Å². The van der Waals surface area contributed by atoms with Gasteiger partial charge in [-0.25, -0.2) is 13.2 Å². The Bertz CT molecular complexity index is 1320. The number of sulfone groups is 1. The van der Waals surface area contributed by atoms with Crippen LogP contribution in [0.15, 0.2) is 48.5 Å². The molecule has 0 aliphatic carbocycles. The van der Waals surface area contributed by atoms with Gasteiger partial charge in [-0.15, -0.1) is 0 Å². The van der Waals surface area contributed by atoms with Crippen LogP contribution in [0.4, 0.5) is 13.2 Å². The molecule has 0 bridgehead atoms. The van der Waals surface area contributed by atoms with Crippen molar-refractivity contribution in [1.29, 1.82) is 0 Å². The van der Waals surface area contributed by atoms with Crippen molar-refractivity contribution in [2.45, 2.75) is 69.3 Å². The molecule has 1 aliphatic rings. The fraction of sp³-hybridized carbons (Fsp3) is 0.481. The van der Waals surface area contributed by atoms with Crippen molar-refractivity contribution in [2.75, 3.05) is 12.3 Å². The van der Waals surface area contributed by atoms with Crippen LogP contribution in [0, 0.1) is 0 Å². The summed E-state index contributed by atoms with van der Waals surface area (Å²) in [4.78, 5) is 24.2. The molecular weight excluding hydrogens is 608 g/mol. The number of ether oxygens (including phenoxy) is 1. The van der Waals surface area contributed by atoms with Crippen molar-refractivity contribution in [1.82, 2.24) is 4.90 Å².